The van der Waals surface area contributed by atoms with Crippen LogP contribution in [0.2, 0.25) is 0 Å². The third-order valence-corrected chi connectivity index (χ3v) is 7.27. The minimum absolute atomic E-state index is 0.000364. The van der Waals surface area contributed by atoms with E-state index in [2.05, 4.69) is 4.90 Å². The van der Waals surface area contributed by atoms with Crippen molar-refractivity contribution in [1.82, 2.24) is 18.7 Å². The molecule has 0 radical (unpaired) electrons. The predicted molar refractivity (Wildman–Crippen MR) is 136 cm³/mol. The molecule has 3 heterocycles. The molecule has 0 saturated carbocycles. The molecule has 188 valence electrons. The van der Waals surface area contributed by atoms with E-state index in [0.717, 1.165) is 29.5 Å². The summed E-state index contributed by atoms with van der Waals surface area (Å²) in [6, 6.07) is 8.57. The molecule has 0 bridgehead atoms. The number of hydrogen-bond donors (Lipinski definition) is 1. The molecule has 10 nitrogen and oxygen atoms in total. The van der Waals surface area contributed by atoms with Crippen LogP contribution < -0.4 is 21.9 Å². The third kappa shape index (κ3) is 5.02. The number of fused-ring (bicyclic) bond motifs is 1. The first-order chi connectivity index (χ1) is 16.7. The van der Waals surface area contributed by atoms with Gasteiger partial charge in [0.25, 0.3) is 5.56 Å². The highest BCUT2D eigenvalue weighted by atomic mass is 32.2. The second-order valence-electron chi connectivity index (χ2n) is 9.24. The summed E-state index contributed by atoms with van der Waals surface area (Å²) in [5.41, 5.74) is 7.16. The van der Waals surface area contributed by atoms with Crippen LogP contribution in [0.3, 0.4) is 0 Å². The van der Waals surface area contributed by atoms with Gasteiger partial charge < -0.3 is 19.8 Å². The lowest BCUT2D eigenvalue weighted by Gasteiger charge is -2.31. The Morgan fingerprint density at radius 3 is 2.60 bits per heavy atom. The molecule has 3 aromatic rings. The molecule has 3 atom stereocenters. The molecule has 11 heteroatoms. The Kier molecular flexibility index (Phi) is 7.39. The van der Waals surface area contributed by atoms with Crippen molar-refractivity contribution in [3.63, 3.8) is 0 Å². The number of benzene rings is 1. The highest BCUT2D eigenvalue weighted by molar-refractivity contribution is 7.79. The highest BCUT2D eigenvalue weighted by Crippen LogP contribution is 2.24. The zero-order chi connectivity index (χ0) is 25.3. The molecule has 3 unspecified atom stereocenters. The Morgan fingerprint density at radius 1 is 1.26 bits per heavy atom. The van der Waals surface area contributed by atoms with Crippen molar-refractivity contribution < 1.29 is 8.76 Å². The Balaban J connectivity index is 1.91. The molecule has 1 aliphatic heterocycles. The first-order valence-electron chi connectivity index (χ1n) is 11.7. The van der Waals surface area contributed by atoms with E-state index >= 15 is 0 Å². The minimum atomic E-state index is -2.54. The number of aromatic nitrogens is 4. The van der Waals surface area contributed by atoms with Gasteiger partial charge in [-0.3, -0.25) is 18.1 Å². The van der Waals surface area contributed by atoms with Crippen LogP contribution in [-0.2, 0) is 31.2 Å². The average molecular weight is 500 g/mol. The molecule has 2 aromatic heterocycles. The number of allylic oxidation sites excluding steroid dienone is 2. The fourth-order valence-electron chi connectivity index (χ4n) is 4.51. The molecule has 1 aliphatic rings. The largest absolute Gasteiger partial charge is 0.772 e. The Labute approximate surface area is 206 Å². The van der Waals surface area contributed by atoms with Gasteiger partial charge in [-0.1, -0.05) is 42.0 Å². The average Bonchev–Trinajstić information content (AvgIpc) is 3.21. The standard InChI is InChI=1S/C24H32N6O4S/c1-16(2)11-13-29-20-21(26-23(29)28-12-7-10-18(25)14-28)27(3)24(32)30(22(20)31)15-19(35(33)34)17-8-5-4-6-9-17/h4-6,8-9,11,18-19H,7,10,12-15,25H2,1-3H3,(H,33,34)/p-1. The summed E-state index contributed by atoms with van der Waals surface area (Å²) in [4.78, 5) is 33.8. The molecule has 1 saturated heterocycles. The van der Waals surface area contributed by atoms with E-state index in [4.69, 9.17) is 10.7 Å². The molecule has 35 heavy (non-hydrogen) atoms. The zero-order valence-electron chi connectivity index (χ0n) is 20.2. The van der Waals surface area contributed by atoms with E-state index in [1.807, 2.05) is 24.5 Å². The number of hydrogen-bond acceptors (Lipinski definition) is 7. The molecular weight excluding hydrogens is 468 g/mol. The second kappa shape index (κ2) is 10.3. The molecule has 0 aliphatic carbocycles. The van der Waals surface area contributed by atoms with Crippen molar-refractivity contribution in [2.75, 3.05) is 18.0 Å². The van der Waals surface area contributed by atoms with Gasteiger partial charge in [-0.15, -0.1) is 0 Å². The van der Waals surface area contributed by atoms with E-state index in [0.29, 0.717) is 24.6 Å². The maximum absolute atomic E-state index is 13.7. The maximum atomic E-state index is 13.7. The second-order valence-corrected chi connectivity index (χ2v) is 10.3. The summed E-state index contributed by atoms with van der Waals surface area (Å²) in [7, 11) is 1.55. The summed E-state index contributed by atoms with van der Waals surface area (Å²) >= 11 is -2.54. The van der Waals surface area contributed by atoms with E-state index in [9.17, 15) is 18.4 Å². The minimum Gasteiger partial charge on any atom is -0.772 e. The summed E-state index contributed by atoms with van der Waals surface area (Å²) in [6.45, 7) is 5.39. The number of piperidine rings is 1. The summed E-state index contributed by atoms with van der Waals surface area (Å²) < 4.78 is 28.3. The van der Waals surface area contributed by atoms with E-state index in [1.54, 1.807) is 37.4 Å². The number of anilines is 1. The molecular formula is C24H31N6O4S-. The van der Waals surface area contributed by atoms with Crippen molar-refractivity contribution in [2.45, 2.75) is 51.1 Å². The molecule has 4 rings (SSSR count). The monoisotopic (exact) mass is 499 g/mol. The lowest BCUT2D eigenvalue weighted by molar-refractivity contribution is 0.495. The third-order valence-electron chi connectivity index (χ3n) is 6.39. The van der Waals surface area contributed by atoms with Crippen LogP contribution in [0.5, 0.6) is 0 Å². The van der Waals surface area contributed by atoms with Crippen molar-refractivity contribution in [1.29, 1.82) is 0 Å². The highest BCUT2D eigenvalue weighted by Gasteiger charge is 2.27. The van der Waals surface area contributed by atoms with Crippen LogP contribution in [0, 0.1) is 0 Å². The normalized spacial score (nSPS) is 18.0. The van der Waals surface area contributed by atoms with Crippen LogP contribution in [-0.4, -0.2) is 46.6 Å². The smallest absolute Gasteiger partial charge is 0.332 e. The maximum Gasteiger partial charge on any atom is 0.332 e. The van der Waals surface area contributed by atoms with Gasteiger partial charge in [-0.05, 0) is 43.3 Å². The van der Waals surface area contributed by atoms with Crippen molar-refractivity contribution in [3.8, 4) is 0 Å². The lowest BCUT2D eigenvalue weighted by atomic mass is 10.1. The number of imidazole rings is 1. The van der Waals surface area contributed by atoms with Gasteiger partial charge in [-0.25, -0.2) is 4.79 Å². The molecule has 0 spiro atoms. The number of rotatable bonds is 7. The van der Waals surface area contributed by atoms with E-state index in [-0.39, 0.29) is 23.8 Å². The molecule has 1 fully saturated rings. The fraction of sp³-hybridized carbons (Fsp3) is 0.458. The van der Waals surface area contributed by atoms with E-state index < -0.39 is 27.6 Å². The lowest BCUT2D eigenvalue weighted by Crippen LogP contribution is -2.44. The summed E-state index contributed by atoms with van der Waals surface area (Å²) in [5, 5.41) is -1.05. The zero-order valence-corrected chi connectivity index (χ0v) is 21.0. The summed E-state index contributed by atoms with van der Waals surface area (Å²) in [6.07, 6.45) is 3.82. The van der Waals surface area contributed by atoms with Gasteiger partial charge in [0.2, 0.25) is 5.95 Å². The Hall–Kier alpha value is -3.02. The van der Waals surface area contributed by atoms with Crippen molar-refractivity contribution in [3.05, 3.63) is 68.4 Å². The predicted octanol–water partition coefficient (Wildman–Crippen LogP) is 1.41. The van der Waals surface area contributed by atoms with Crippen LogP contribution >= 0.6 is 0 Å². The van der Waals surface area contributed by atoms with Gasteiger partial charge in [-0.2, -0.15) is 4.98 Å². The quantitative estimate of drug-likeness (QED) is 0.384. The van der Waals surface area contributed by atoms with Gasteiger partial charge in [0.15, 0.2) is 11.2 Å². The Bertz CT molecular complexity index is 1390. The number of aryl methyl sites for hydroxylation is 1. The van der Waals surface area contributed by atoms with Gasteiger partial charge in [0, 0.05) is 39.3 Å². The first kappa shape index (κ1) is 25.1. The number of nitrogens with two attached hydrogens (primary N) is 1. The molecule has 1 aromatic carbocycles. The fourth-order valence-corrected chi connectivity index (χ4v) is 5.16. The van der Waals surface area contributed by atoms with Gasteiger partial charge in [0.1, 0.15) is 0 Å². The van der Waals surface area contributed by atoms with Crippen LogP contribution in [0.15, 0.2) is 51.6 Å². The van der Waals surface area contributed by atoms with Crippen molar-refractivity contribution >= 4 is 28.2 Å². The first-order valence-corrected chi connectivity index (χ1v) is 12.8. The van der Waals surface area contributed by atoms with Gasteiger partial charge >= 0.3 is 5.69 Å². The molecule has 2 N–H and O–H groups in total. The van der Waals surface area contributed by atoms with Crippen LogP contribution in [0.25, 0.3) is 11.2 Å². The van der Waals surface area contributed by atoms with Crippen LogP contribution in [0.4, 0.5) is 5.95 Å². The van der Waals surface area contributed by atoms with E-state index in [1.165, 1.54) is 4.57 Å². The SMILES string of the molecule is CC(C)=CCn1c(N2CCCC(N)C2)nc2c1c(=O)n(CC(c1ccccc1)S(=O)[O-])c(=O)n2C. The van der Waals surface area contributed by atoms with Gasteiger partial charge in [0.05, 0.1) is 5.25 Å². The Morgan fingerprint density at radius 2 is 1.97 bits per heavy atom. The van der Waals surface area contributed by atoms with Crippen LogP contribution in [0.1, 0.15) is 37.5 Å². The molecule has 0 amide bonds. The number of nitrogens with zero attached hydrogens (tertiary/aromatic N) is 5. The topological polar surface area (TPSA) is 131 Å². The summed E-state index contributed by atoms with van der Waals surface area (Å²) in [5.74, 6) is 0.588. The van der Waals surface area contributed by atoms with Crippen molar-refractivity contribution in [2.24, 2.45) is 12.8 Å².